The van der Waals surface area contributed by atoms with E-state index in [4.69, 9.17) is 9.47 Å². The summed E-state index contributed by atoms with van der Waals surface area (Å²) in [5.41, 5.74) is 0. The van der Waals surface area contributed by atoms with Crippen LogP contribution < -0.4 is 0 Å². The lowest BCUT2D eigenvalue weighted by Crippen LogP contribution is -2.20. The third kappa shape index (κ3) is 9.84. The second kappa shape index (κ2) is 8.52. The number of hydrogen-bond acceptors (Lipinski definition) is 2. The average molecular weight is 188 g/mol. The molecule has 2 nitrogen and oxygen atoms in total. The average Bonchev–Trinajstić information content (AvgIpc) is 2.02. The third-order valence-corrected chi connectivity index (χ3v) is 1.75. The molecule has 0 amide bonds. The van der Waals surface area contributed by atoms with Gasteiger partial charge in [0, 0.05) is 6.61 Å². The zero-order valence-electron chi connectivity index (χ0n) is 9.51. The fourth-order valence-electron chi connectivity index (χ4n) is 1.21. The maximum absolute atomic E-state index is 5.53. The molecule has 0 aromatic rings. The standard InChI is InChI=1S/C11H24O2/c1-5-6-7-8-12-9-11(4)13-10(2)3/h10-11H,5-9H2,1-4H3. The molecule has 1 unspecified atom stereocenters. The Morgan fingerprint density at radius 2 is 1.77 bits per heavy atom. The number of ether oxygens (including phenoxy) is 2. The highest BCUT2D eigenvalue weighted by Gasteiger charge is 2.03. The van der Waals surface area contributed by atoms with Crippen LogP contribution in [0.15, 0.2) is 0 Å². The van der Waals surface area contributed by atoms with E-state index < -0.39 is 0 Å². The lowest BCUT2D eigenvalue weighted by Gasteiger charge is -2.15. The molecule has 80 valence electrons. The van der Waals surface area contributed by atoms with Gasteiger partial charge < -0.3 is 9.47 Å². The minimum atomic E-state index is 0.224. The van der Waals surface area contributed by atoms with E-state index in [9.17, 15) is 0 Å². The van der Waals surface area contributed by atoms with Crippen LogP contribution in [0.25, 0.3) is 0 Å². The molecule has 0 aliphatic carbocycles. The van der Waals surface area contributed by atoms with Crippen LogP contribution in [0.3, 0.4) is 0 Å². The van der Waals surface area contributed by atoms with Gasteiger partial charge in [-0.05, 0) is 27.2 Å². The molecule has 1 atom stereocenters. The van der Waals surface area contributed by atoms with Crippen molar-refractivity contribution in [2.45, 2.75) is 59.2 Å². The van der Waals surface area contributed by atoms with Crippen molar-refractivity contribution in [2.24, 2.45) is 0 Å². The lowest BCUT2D eigenvalue weighted by molar-refractivity contribution is -0.0352. The summed E-state index contributed by atoms with van der Waals surface area (Å²) in [6, 6.07) is 0. The lowest BCUT2D eigenvalue weighted by atomic mass is 10.3. The first-order valence-electron chi connectivity index (χ1n) is 5.40. The molecule has 0 saturated heterocycles. The smallest absolute Gasteiger partial charge is 0.0783 e. The molecule has 0 rings (SSSR count). The van der Waals surface area contributed by atoms with E-state index in [1.165, 1.54) is 19.3 Å². The maximum Gasteiger partial charge on any atom is 0.0783 e. The van der Waals surface area contributed by atoms with Gasteiger partial charge in [0.1, 0.15) is 0 Å². The Morgan fingerprint density at radius 3 is 2.31 bits per heavy atom. The molecule has 0 radical (unpaired) electrons. The molecule has 0 fully saturated rings. The van der Waals surface area contributed by atoms with Crippen LogP contribution in [0.2, 0.25) is 0 Å². The molecule has 0 saturated carbocycles. The highest BCUT2D eigenvalue weighted by Crippen LogP contribution is 1.99. The molecule has 0 spiro atoms. The minimum Gasteiger partial charge on any atom is -0.379 e. The molecule has 0 aliphatic heterocycles. The van der Waals surface area contributed by atoms with Crippen LogP contribution in [0.4, 0.5) is 0 Å². The van der Waals surface area contributed by atoms with Gasteiger partial charge in [-0.15, -0.1) is 0 Å². The summed E-state index contributed by atoms with van der Waals surface area (Å²) in [4.78, 5) is 0. The molecule has 0 aromatic heterocycles. The van der Waals surface area contributed by atoms with Crippen molar-refractivity contribution in [2.75, 3.05) is 13.2 Å². The van der Waals surface area contributed by atoms with Crippen LogP contribution in [-0.4, -0.2) is 25.4 Å². The normalized spacial score (nSPS) is 13.6. The van der Waals surface area contributed by atoms with Crippen molar-refractivity contribution in [1.82, 2.24) is 0 Å². The van der Waals surface area contributed by atoms with Crippen molar-refractivity contribution in [3.8, 4) is 0 Å². The van der Waals surface area contributed by atoms with Gasteiger partial charge in [-0.25, -0.2) is 0 Å². The van der Waals surface area contributed by atoms with Crippen LogP contribution in [-0.2, 0) is 9.47 Å². The first-order valence-corrected chi connectivity index (χ1v) is 5.40. The summed E-state index contributed by atoms with van der Waals surface area (Å²) < 4.78 is 11.0. The largest absolute Gasteiger partial charge is 0.379 e. The van der Waals surface area contributed by atoms with E-state index in [0.717, 1.165) is 13.2 Å². The van der Waals surface area contributed by atoms with E-state index >= 15 is 0 Å². The quantitative estimate of drug-likeness (QED) is 0.545. The van der Waals surface area contributed by atoms with Gasteiger partial charge in [0.15, 0.2) is 0 Å². The molecule has 2 heteroatoms. The van der Waals surface area contributed by atoms with E-state index in [-0.39, 0.29) is 6.10 Å². The Hall–Kier alpha value is -0.0800. The number of hydrogen-bond donors (Lipinski definition) is 0. The molecule has 0 aromatic carbocycles. The van der Waals surface area contributed by atoms with Gasteiger partial charge in [-0.2, -0.15) is 0 Å². The van der Waals surface area contributed by atoms with Gasteiger partial charge in [-0.3, -0.25) is 0 Å². The molecular weight excluding hydrogens is 164 g/mol. The third-order valence-electron chi connectivity index (χ3n) is 1.75. The van der Waals surface area contributed by atoms with Crippen molar-refractivity contribution in [1.29, 1.82) is 0 Å². The van der Waals surface area contributed by atoms with Gasteiger partial charge in [0.25, 0.3) is 0 Å². The molecule has 0 heterocycles. The Labute approximate surface area is 82.6 Å². The predicted molar refractivity (Wildman–Crippen MR) is 56.0 cm³/mol. The number of unbranched alkanes of at least 4 members (excludes halogenated alkanes) is 2. The van der Waals surface area contributed by atoms with Crippen molar-refractivity contribution >= 4 is 0 Å². The summed E-state index contributed by atoms with van der Waals surface area (Å²) in [5, 5.41) is 0. The Bertz CT molecular complexity index is 102. The van der Waals surface area contributed by atoms with Gasteiger partial charge in [-0.1, -0.05) is 19.8 Å². The fraction of sp³-hybridized carbons (Fsp3) is 1.00. The van der Waals surface area contributed by atoms with Gasteiger partial charge in [0.2, 0.25) is 0 Å². The molecule has 0 bridgehead atoms. The van der Waals surface area contributed by atoms with E-state index in [2.05, 4.69) is 13.8 Å². The predicted octanol–water partition coefficient (Wildman–Crippen LogP) is 3.01. The van der Waals surface area contributed by atoms with Crippen LogP contribution >= 0.6 is 0 Å². The molecule has 13 heavy (non-hydrogen) atoms. The SMILES string of the molecule is CCCCCOCC(C)OC(C)C. The van der Waals surface area contributed by atoms with Gasteiger partial charge >= 0.3 is 0 Å². The monoisotopic (exact) mass is 188 g/mol. The summed E-state index contributed by atoms with van der Waals surface area (Å²) in [6.45, 7) is 9.95. The molecular formula is C11H24O2. The van der Waals surface area contributed by atoms with Crippen molar-refractivity contribution in [3.63, 3.8) is 0 Å². The van der Waals surface area contributed by atoms with Crippen molar-refractivity contribution in [3.05, 3.63) is 0 Å². The Balaban J connectivity index is 3.12. The topological polar surface area (TPSA) is 18.5 Å². The summed E-state index contributed by atoms with van der Waals surface area (Å²) in [7, 11) is 0. The second-order valence-electron chi connectivity index (χ2n) is 3.78. The zero-order chi connectivity index (χ0) is 10.1. The zero-order valence-corrected chi connectivity index (χ0v) is 9.51. The number of rotatable bonds is 8. The van der Waals surface area contributed by atoms with Gasteiger partial charge in [0.05, 0.1) is 18.8 Å². The van der Waals surface area contributed by atoms with Crippen molar-refractivity contribution < 1.29 is 9.47 Å². The highest BCUT2D eigenvalue weighted by molar-refractivity contribution is 4.49. The minimum absolute atomic E-state index is 0.224. The first kappa shape index (κ1) is 12.9. The molecule has 0 aliphatic rings. The molecule has 0 N–H and O–H groups in total. The van der Waals surface area contributed by atoms with E-state index in [1.807, 2.05) is 13.8 Å². The summed E-state index contributed by atoms with van der Waals surface area (Å²) in [6.07, 6.45) is 4.21. The van der Waals surface area contributed by atoms with E-state index in [0.29, 0.717) is 6.10 Å². The van der Waals surface area contributed by atoms with E-state index in [1.54, 1.807) is 0 Å². The van der Waals surface area contributed by atoms with Crippen LogP contribution in [0.5, 0.6) is 0 Å². The second-order valence-corrected chi connectivity index (χ2v) is 3.78. The highest BCUT2D eigenvalue weighted by atomic mass is 16.5. The maximum atomic E-state index is 5.53. The summed E-state index contributed by atoms with van der Waals surface area (Å²) >= 11 is 0. The fourth-order valence-corrected chi connectivity index (χ4v) is 1.21. The van der Waals surface area contributed by atoms with Crippen LogP contribution in [0, 0.1) is 0 Å². The Morgan fingerprint density at radius 1 is 1.08 bits per heavy atom. The Kier molecular flexibility index (Phi) is 8.46. The summed E-state index contributed by atoms with van der Waals surface area (Å²) in [5.74, 6) is 0. The first-order chi connectivity index (χ1) is 6.16. The van der Waals surface area contributed by atoms with Crippen LogP contribution in [0.1, 0.15) is 47.0 Å².